The Kier molecular flexibility index (Phi) is 7.50. The topological polar surface area (TPSA) is 130 Å². The SMILES string of the molecule is C=CCn1c(=O)c2cnc(Nc3cc(N4CCN(CCO)CC4)c4ccn(C)c4c3)nc2n1-c1cccc(C(C)(C)O)n1. The van der Waals surface area contributed by atoms with E-state index in [-0.39, 0.29) is 18.7 Å². The fourth-order valence-corrected chi connectivity index (χ4v) is 5.66. The number of allylic oxidation sites excluding steroid dienone is 1. The largest absolute Gasteiger partial charge is 0.395 e. The van der Waals surface area contributed by atoms with Crippen molar-refractivity contribution in [3.63, 3.8) is 0 Å². The molecule has 43 heavy (non-hydrogen) atoms. The number of benzene rings is 1. The van der Waals surface area contributed by atoms with Gasteiger partial charge in [-0.05, 0) is 44.2 Å². The van der Waals surface area contributed by atoms with E-state index in [0.29, 0.717) is 35.0 Å². The molecule has 5 aromatic rings. The highest BCUT2D eigenvalue weighted by Gasteiger charge is 2.23. The zero-order valence-corrected chi connectivity index (χ0v) is 24.7. The molecule has 12 heteroatoms. The van der Waals surface area contributed by atoms with Gasteiger partial charge in [0, 0.05) is 68.9 Å². The number of pyridine rings is 1. The first-order valence-corrected chi connectivity index (χ1v) is 14.4. The summed E-state index contributed by atoms with van der Waals surface area (Å²) in [4.78, 5) is 32.0. The summed E-state index contributed by atoms with van der Waals surface area (Å²) >= 11 is 0. The summed E-state index contributed by atoms with van der Waals surface area (Å²) in [6.45, 7) is 11.7. The average Bonchev–Trinajstić information content (AvgIpc) is 3.49. The summed E-state index contributed by atoms with van der Waals surface area (Å²) in [7, 11) is 2.02. The summed E-state index contributed by atoms with van der Waals surface area (Å²) in [5.74, 6) is 0.786. The first-order valence-electron chi connectivity index (χ1n) is 14.4. The van der Waals surface area contributed by atoms with Crippen molar-refractivity contribution in [3.05, 3.63) is 77.5 Å². The molecule has 1 saturated heterocycles. The number of aryl methyl sites for hydroxylation is 1. The van der Waals surface area contributed by atoms with Crippen LogP contribution in [0.3, 0.4) is 0 Å². The van der Waals surface area contributed by atoms with Crippen LogP contribution in [0.2, 0.25) is 0 Å². The fourth-order valence-electron chi connectivity index (χ4n) is 5.66. The Morgan fingerprint density at radius 2 is 1.88 bits per heavy atom. The van der Waals surface area contributed by atoms with Crippen molar-refractivity contribution in [2.75, 3.05) is 49.5 Å². The highest BCUT2D eigenvalue weighted by Crippen LogP contribution is 2.33. The van der Waals surface area contributed by atoms with Crippen molar-refractivity contribution in [1.82, 2.24) is 33.8 Å². The van der Waals surface area contributed by atoms with Gasteiger partial charge in [0.25, 0.3) is 5.56 Å². The molecule has 0 saturated carbocycles. The normalized spacial score (nSPS) is 14.6. The van der Waals surface area contributed by atoms with Crippen LogP contribution in [0.5, 0.6) is 0 Å². The Bertz CT molecular complexity index is 1860. The van der Waals surface area contributed by atoms with E-state index in [2.05, 4.69) is 60.6 Å². The predicted octanol–water partition coefficient (Wildman–Crippen LogP) is 2.74. The van der Waals surface area contributed by atoms with Crippen LogP contribution in [0, 0.1) is 0 Å². The third-order valence-corrected chi connectivity index (χ3v) is 7.92. The Labute approximate surface area is 249 Å². The van der Waals surface area contributed by atoms with Gasteiger partial charge in [0.05, 0.1) is 24.4 Å². The van der Waals surface area contributed by atoms with E-state index in [1.54, 1.807) is 42.8 Å². The van der Waals surface area contributed by atoms with E-state index >= 15 is 0 Å². The fraction of sp³-hybridized carbons (Fsp3) is 0.355. The van der Waals surface area contributed by atoms with E-state index in [1.807, 2.05) is 7.05 Å². The zero-order chi connectivity index (χ0) is 30.3. The number of hydrogen-bond acceptors (Lipinski definition) is 9. The van der Waals surface area contributed by atoms with Gasteiger partial charge < -0.3 is 25.0 Å². The Balaban J connectivity index is 1.41. The molecule has 1 aliphatic heterocycles. The Morgan fingerprint density at radius 3 is 2.60 bits per heavy atom. The average molecular weight is 584 g/mol. The van der Waals surface area contributed by atoms with Gasteiger partial charge in [0.1, 0.15) is 11.0 Å². The van der Waals surface area contributed by atoms with Gasteiger partial charge in [-0.15, -0.1) is 6.58 Å². The van der Waals surface area contributed by atoms with Crippen molar-refractivity contribution < 1.29 is 10.2 Å². The van der Waals surface area contributed by atoms with Crippen LogP contribution in [0.4, 0.5) is 17.3 Å². The second kappa shape index (κ2) is 11.3. The minimum Gasteiger partial charge on any atom is -0.395 e. The molecular weight excluding hydrogens is 546 g/mol. The van der Waals surface area contributed by atoms with E-state index < -0.39 is 5.60 Å². The number of fused-ring (bicyclic) bond motifs is 2. The van der Waals surface area contributed by atoms with Gasteiger partial charge in [-0.25, -0.2) is 19.3 Å². The second-order valence-corrected chi connectivity index (χ2v) is 11.4. The number of nitrogens with one attached hydrogen (secondary N) is 1. The standard InChI is InChI=1S/C31H37N9O3/c1-5-10-39-29(42)23-20-32-30(35-28(23)40(39)27-8-6-7-26(34-27)31(2,3)43)33-21-18-24-22(9-11-36(24)4)25(19-21)38-14-12-37(13-15-38)16-17-41/h5-9,11,18-20,41,43H,1,10,12-17H2,2-4H3,(H,32,33,35). The van der Waals surface area contributed by atoms with Crippen LogP contribution in [-0.4, -0.2) is 83.3 Å². The second-order valence-electron chi connectivity index (χ2n) is 11.4. The van der Waals surface area contributed by atoms with E-state index in [4.69, 9.17) is 4.98 Å². The molecular formula is C31H37N9O3. The minimum absolute atomic E-state index is 0.165. The Morgan fingerprint density at radius 1 is 1.09 bits per heavy atom. The lowest BCUT2D eigenvalue weighted by atomic mass is 10.1. The summed E-state index contributed by atoms with van der Waals surface area (Å²) in [5.41, 5.74) is 2.45. The maximum atomic E-state index is 13.4. The smallest absolute Gasteiger partial charge is 0.278 e. The summed E-state index contributed by atoms with van der Waals surface area (Å²) in [6.07, 6.45) is 5.23. The highest BCUT2D eigenvalue weighted by atomic mass is 16.3. The zero-order valence-electron chi connectivity index (χ0n) is 24.7. The molecule has 4 aromatic heterocycles. The number of nitrogens with zero attached hydrogens (tertiary/aromatic N) is 8. The molecule has 0 atom stereocenters. The number of β-amino-alcohol motifs (C(OH)–C–C–N with tert-alkyl or cyclic N) is 1. The predicted molar refractivity (Wildman–Crippen MR) is 168 cm³/mol. The first-order chi connectivity index (χ1) is 20.7. The van der Waals surface area contributed by atoms with Crippen LogP contribution in [0.15, 0.2) is 66.2 Å². The lowest BCUT2D eigenvalue weighted by Crippen LogP contribution is -2.47. The van der Waals surface area contributed by atoms with E-state index in [0.717, 1.165) is 48.5 Å². The number of anilines is 3. The summed E-state index contributed by atoms with van der Waals surface area (Å²) in [6, 6.07) is 11.6. The monoisotopic (exact) mass is 583 g/mol. The molecule has 0 aliphatic carbocycles. The van der Waals surface area contributed by atoms with Crippen molar-refractivity contribution in [2.45, 2.75) is 26.0 Å². The van der Waals surface area contributed by atoms with Crippen LogP contribution < -0.4 is 15.8 Å². The van der Waals surface area contributed by atoms with Crippen LogP contribution in [-0.2, 0) is 19.2 Å². The molecule has 0 spiro atoms. The van der Waals surface area contributed by atoms with Crippen molar-refractivity contribution in [2.24, 2.45) is 7.05 Å². The molecule has 0 unspecified atom stereocenters. The molecule has 0 bridgehead atoms. The molecule has 3 N–H and O–H groups in total. The van der Waals surface area contributed by atoms with Gasteiger partial charge in [-0.1, -0.05) is 12.1 Å². The summed E-state index contributed by atoms with van der Waals surface area (Å²) in [5, 5.41) is 24.8. The Hall–Kier alpha value is -4.52. The molecule has 1 fully saturated rings. The van der Waals surface area contributed by atoms with E-state index in [9.17, 15) is 15.0 Å². The third-order valence-electron chi connectivity index (χ3n) is 7.92. The van der Waals surface area contributed by atoms with Crippen LogP contribution in [0.25, 0.3) is 27.8 Å². The molecule has 12 nitrogen and oxygen atoms in total. The highest BCUT2D eigenvalue weighted by molar-refractivity contribution is 5.96. The quantitative estimate of drug-likeness (QED) is 0.224. The molecule has 224 valence electrons. The maximum absolute atomic E-state index is 13.4. The number of piperazine rings is 1. The van der Waals surface area contributed by atoms with Gasteiger partial charge in [0.2, 0.25) is 5.95 Å². The van der Waals surface area contributed by atoms with Gasteiger partial charge in [0.15, 0.2) is 11.5 Å². The number of rotatable bonds is 9. The van der Waals surface area contributed by atoms with Crippen LogP contribution >= 0.6 is 0 Å². The maximum Gasteiger partial charge on any atom is 0.278 e. The van der Waals surface area contributed by atoms with Gasteiger partial charge in [-0.3, -0.25) is 9.69 Å². The van der Waals surface area contributed by atoms with Gasteiger partial charge in [-0.2, -0.15) is 4.98 Å². The minimum atomic E-state index is -1.16. The lowest BCUT2D eigenvalue weighted by Gasteiger charge is -2.36. The molecule has 0 amide bonds. The molecule has 1 aliphatic rings. The molecule has 5 heterocycles. The molecule has 0 radical (unpaired) electrons. The number of aromatic nitrogens is 6. The number of aliphatic hydroxyl groups excluding tert-OH is 1. The third kappa shape index (κ3) is 5.40. The summed E-state index contributed by atoms with van der Waals surface area (Å²) < 4.78 is 5.25. The first kappa shape index (κ1) is 28.6. The van der Waals surface area contributed by atoms with Crippen LogP contribution in [0.1, 0.15) is 19.5 Å². The lowest BCUT2D eigenvalue weighted by molar-refractivity contribution is 0.0738. The van der Waals surface area contributed by atoms with Crippen molar-refractivity contribution in [1.29, 1.82) is 0 Å². The molecule has 1 aromatic carbocycles. The van der Waals surface area contributed by atoms with Crippen molar-refractivity contribution in [3.8, 4) is 5.82 Å². The van der Waals surface area contributed by atoms with Gasteiger partial charge >= 0.3 is 0 Å². The number of hydrogen-bond donors (Lipinski definition) is 3. The van der Waals surface area contributed by atoms with E-state index in [1.165, 1.54) is 10.9 Å². The van der Waals surface area contributed by atoms with Crippen molar-refractivity contribution >= 4 is 39.3 Å². The number of aliphatic hydroxyl groups is 2. The molecule has 6 rings (SSSR count).